The number of hydrogen-bond donors (Lipinski definition) is 0. The molecule has 2 aromatic rings. The van der Waals surface area contributed by atoms with Gasteiger partial charge in [-0.15, -0.1) is 0 Å². The maximum Gasteiger partial charge on any atom is 0.254 e. The Kier molecular flexibility index (Phi) is 4.74. The number of aryl methyl sites for hydroxylation is 2. The Labute approximate surface area is 140 Å². The van der Waals surface area contributed by atoms with E-state index in [1.165, 1.54) is 12.1 Å². The maximum absolute atomic E-state index is 13.3. The van der Waals surface area contributed by atoms with Gasteiger partial charge in [-0.25, -0.2) is 9.37 Å². The van der Waals surface area contributed by atoms with Crippen molar-refractivity contribution >= 4 is 5.91 Å². The quantitative estimate of drug-likeness (QED) is 0.869. The minimum Gasteiger partial charge on any atom is -0.472 e. The summed E-state index contributed by atoms with van der Waals surface area (Å²) in [6, 6.07) is 7.57. The number of aromatic nitrogens is 2. The third kappa shape index (κ3) is 3.88. The fourth-order valence-corrected chi connectivity index (χ4v) is 2.94. The molecule has 0 N–H and O–H groups in total. The number of ether oxygens (including phenoxy) is 1. The molecule has 6 heteroatoms. The number of halogens is 1. The lowest BCUT2D eigenvalue weighted by Gasteiger charge is -2.32. The number of benzene rings is 1. The summed E-state index contributed by atoms with van der Waals surface area (Å²) in [5.74, 6) is 0.619. The van der Waals surface area contributed by atoms with Gasteiger partial charge in [0.1, 0.15) is 17.7 Å². The smallest absolute Gasteiger partial charge is 0.254 e. The molecule has 126 valence electrons. The van der Waals surface area contributed by atoms with Crippen LogP contribution in [0.5, 0.6) is 5.88 Å². The molecule has 1 aromatic heterocycles. The molecule has 24 heavy (non-hydrogen) atoms. The molecule has 1 saturated heterocycles. The Morgan fingerprint density at radius 1 is 1.29 bits per heavy atom. The molecule has 0 saturated carbocycles. The van der Waals surface area contributed by atoms with Gasteiger partial charge in [-0.1, -0.05) is 6.07 Å². The SMILES string of the molecule is Cc1cc(OC2CCCN(C(=O)c3cccc(F)c3)C2)nc(C)n1. The van der Waals surface area contributed by atoms with Crippen molar-refractivity contribution in [1.82, 2.24) is 14.9 Å². The lowest BCUT2D eigenvalue weighted by molar-refractivity contribution is 0.0526. The van der Waals surface area contributed by atoms with Crippen molar-refractivity contribution in [3.05, 3.63) is 53.2 Å². The van der Waals surface area contributed by atoms with E-state index in [1.54, 1.807) is 23.1 Å². The minimum absolute atomic E-state index is 0.120. The predicted molar refractivity (Wildman–Crippen MR) is 87.5 cm³/mol. The van der Waals surface area contributed by atoms with Crippen molar-refractivity contribution in [2.45, 2.75) is 32.8 Å². The molecule has 5 nitrogen and oxygen atoms in total. The molecule has 0 aliphatic carbocycles. The first-order valence-electron chi connectivity index (χ1n) is 8.05. The second-order valence-corrected chi connectivity index (χ2v) is 6.04. The normalized spacial score (nSPS) is 17.6. The van der Waals surface area contributed by atoms with Crippen molar-refractivity contribution < 1.29 is 13.9 Å². The number of likely N-dealkylation sites (tertiary alicyclic amines) is 1. The van der Waals surface area contributed by atoms with E-state index in [0.717, 1.165) is 18.5 Å². The Balaban J connectivity index is 1.69. The monoisotopic (exact) mass is 329 g/mol. The Morgan fingerprint density at radius 2 is 2.12 bits per heavy atom. The van der Waals surface area contributed by atoms with Crippen molar-refractivity contribution in [2.24, 2.45) is 0 Å². The highest BCUT2D eigenvalue weighted by Crippen LogP contribution is 2.19. The van der Waals surface area contributed by atoms with Crippen LogP contribution in [0.4, 0.5) is 4.39 Å². The third-order valence-electron chi connectivity index (χ3n) is 3.97. The Morgan fingerprint density at radius 3 is 2.88 bits per heavy atom. The van der Waals surface area contributed by atoms with E-state index in [9.17, 15) is 9.18 Å². The second kappa shape index (κ2) is 6.95. The van der Waals surface area contributed by atoms with Crippen LogP contribution < -0.4 is 4.74 Å². The number of amides is 1. The summed E-state index contributed by atoms with van der Waals surface area (Å²) in [5.41, 5.74) is 1.21. The van der Waals surface area contributed by atoms with E-state index < -0.39 is 5.82 Å². The van der Waals surface area contributed by atoms with Crippen LogP contribution in [0.2, 0.25) is 0 Å². The van der Waals surface area contributed by atoms with E-state index in [1.807, 2.05) is 13.8 Å². The van der Waals surface area contributed by atoms with Crippen molar-refractivity contribution in [3.8, 4) is 5.88 Å². The number of carbonyl (C=O) groups is 1. The average molecular weight is 329 g/mol. The molecule has 0 spiro atoms. The molecule has 1 unspecified atom stereocenters. The summed E-state index contributed by atoms with van der Waals surface area (Å²) >= 11 is 0. The number of rotatable bonds is 3. The summed E-state index contributed by atoms with van der Waals surface area (Å²) in [4.78, 5) is 22.8. The van der Waals surface area contributed by atoms with E-state index >= 15 is 0 Å². The van der Waals surface area contributed by atoms with Gasteiger partial charge in [-0.3, -0.25) is 4.79 Å². The van der Waals surface area contributed by atoms with Crippen LogP contribution in [0.25, 0.3) is 0 Å². The van der Waals surface area contributed by atoms with Gasteiger partial charge in [0.05, 0.1) is 6.54 Å². The zero-order valence-corrected chi connectivity index (χ0v) is 13.8. The van der Waals surface area contributed by atoms with Crippen molar-refractivity contribution in [3.63, 3.8) is 0 Å². The number of hydrogen-bond acceptors (Lipinski definition) is 4. The van der Waals surface area contributed by atoms with Crippen LogP contribution in [0.3, 0.4) is 0 Å². The van der Waals surface area contributed by atoms with Gasteiger partial charge in [0.15, 0.2) is 0 Å². The molecule has 3 rings (SSSR count). The van der Waals surface area contributed by atoms with Gasteiger partial charge in [0, 0.05) is 23.9 Å². The molecule has 2 heterocycles. The van der Waals surface area contributed by atoms with E-state index in [-0.39, 0.29) is 12.0 Å². The van der Waals surface area contributed by atoms with E-state index in [2.05, 4.69) is 9.97 Å². The molecule has 1 fully saturated rings. The number of carbonyl (C=O) groups excluding carboxylic acids is 1. The van der Waals surface area contributed by atoms with Crippen LogP contribution in [-0.4, -0.2) is 40.0 Å². The zero-order valence-electron chi connectivity index (χ0n) is 13.8. The fourth-order valence-electron chi connectivity index (χ4n) is 2.94. The molecule has 1 atom stereocenters. The second-order valence-electron chi connectivity index (χ2n) is 6.04. The van der Waals surface area contributed by atoms with Gasteiger partial charge in [-0.2, -0.15) is 4.98 Å². The number of piperidine rings is 1. The largest absolute Gasteiger partial charge is 0.472 e. The summed E-state index contributed by atoms with van der Waals surface area (Å²) in [6.45, 7) is 4.83. The molecule has 1 aromatic carbocycles. The van der Waals surface area contributed by atoms with E-state index in [0.29, 0.717) is 30.4 Å². The highest BCUT2D eigenvalue weighted by atomic mass is 19.1. The van der Waals surface area contributed by atoms with Crippen LogP contribution in [0, 0.1) is 19.7 Å². The Hall–Kier alpha value is -2.50. The first kappa shape index (κ1) is 16.4. The lowest BCUT2D eigenvalue weighted by atomic mass is 10.1. The molecule has 1 aliphatic heterocycles. The first-order chi connectivity index (χ1) is 11.5. The topological polar surface area (TPSA) is 55.3 Å². The highest BCUT2D eigenvalue weighted by molar-refractivity contribution is 5.94. The van der Waals surface area contributed by atoms with E-state index in [4.69, 9.17) is 4.74 Å². The molecule has 0 bridgehead atoms. The average Bonchev–Trinajstić information content (AvgIpc) is 2.53. The summed E-state index contributed by atoms with van der Waals surface area (Å²) in [5, 5.41) is 0. The van der Waals surface area contributed by atoms with Crippen LogP contribution in [0.1, 0.15) is 34.7 Å². The van der Waals surface area contributed by atoms with Gasteiger partial charge in [0.2, 0.25) is 5.88 Å². The van der Waals surface area contributed by atoms with Crippen LogP contribution in [-0.2, 0) is 0 Å². The predicted octanol–water partition coefficient (Wildman–Crippen LogP) is 2.92. The standard InChI is InChI=1S/C18H20FN3O2/c1-12-9-17(21-13(2)20-12)24-16-7-4-8-22(11-16)18(23)14-5-3-6-15(19)10-14/h3,5-6,9-10,16H,4,7-8,11H2,1-2H3. The molecule has 0 radical (unpaired) electrons. The summed E-state index contributed by atoms with van der Waals surface area (Å²) in [6.07, 6.45) is 1.58. The summed E-state index contributed by atoms with van der Waals surface area (Å²) in [7, 11) is 0. The Bertz CT molecular complexity index is 731. The van der Waals surface area contributed by atoms with Crippen molar-refractivity contribution in [2.75, 3.05) is 13.1 Å². The fraction of sp³-hybridized carbons (Fsp3) is 0.389. The minimum atomic E-state index is -0.405. The molecular formula is C18H20FN3O2. The maximum atomic E-state index is 13.3. The zero-order chi connectivity index (χ0) is 17.1. The van der Waals surface area contributed by atoms with Crippen LogP contribution >= 0.6 is 0 Å². The lowest BCUT2D eigenvalue weighted by Crippen LogP contribution is -2.44. The number of nitrogens with zero attached hydrogens (tertiary/aromatic N) is 3. The van der Waals surface area contributed by atoms with Gasteiger partial charge < -0.3 is 9.64 Å². The highest BCUT2D eigenvalue weighted by Gasteiger charge is 2.26. The van der Waals surface area contributed by atoms with Gasteiger partial charge in [0.25, 0.3) is 5.91 Å². The molecular weight excluding hydrogens is 309 g/mol. The van der Waals surface area contributed by atoms with Crippen LogP contribution in [0.15, 0.2) is 30.3 Å². The molecule has 1 aliphatic rings. The molecule has 1 amide bonds. The third-order valence-corrected chi connectivity index (χ3v) is 3.97. The van der Waals surface area contributed by atoms with Crippen molar-refractivity contribution in [1.29, 1.82) is 0 Å². The van der Waals surface area contributed by atoms with Gasteiger partial charge >= 0.3 is 0 Å². The summed E-state index contributed by atoms with van der Waals surface area (Å²) < 4.78 is 19.3. The first-order valence-corrected chi connectivity index (χ1v) is 8.05. The van der Waals surface area contributed by atoms with Gasteiger partial charge in [-0.05, 0) is 44.9 Å².